The molecule has 0 fully saturated rings. The molecule has 1 heteroatoms. The molecule has 11 rings (SSSR count). The maximum absolute atomic E-state index is 2.39. The summed E-state index contributed by atoms with van der Waals surface area (Å²) < 4.78 is 0. The van der Waals surface area contributed by atoms with Gasteiger partial charge in [0.15, 0.2) is 0 Å². The number of hydrogen-bond donors (Lipinski definition) is 0. The monoisotopic (exact) mass is 749 g/mol. The Morgan fingerprint density at radius 3 is 1.14 bits per heavy atom. The molecule has 11 aromatic carbocycles. The molecule has 0 aliphatic carbocycles. The topological polar surface area (TPSA) is 3.24 Å². The van der Waals surface area contributed by atoms with Crippen LogP contribution in [0.25, 0.3) is 87.6 Å². The summed E-state index contributed by atoms with van der Waals surface area (Å²) in [5, 5.41) is 10.1. The molecule has 0 heterocycles. The molecule has 0 N–H and O–H groups in total. The van der Waals surface area contributed by atoms with E-state index in [-0.39, 0.29) is 0 Å². The van der Waals surface area contributed by atoms with Crippen LogP contribution in [0.1, 0.15) is 0 Å². The highest BCUT2D eigenvalue weighted by Gasteiger charge is 2.17. The Labute approximate surface area is 344 Å². The van der Waals surface area contributed by atoms with Gasteiger partial charge in [0.25, 0.3) is 0 Å². The molecule has 1 nitrogen and oxygen atoms in total. The van der Waals surface area contributed by atoms with Crippen LogP contribution in [0.15, 0.2) is 237 Å². The molecule has 0 spiro atoms. The van der Waals surface area contributed by atoms with Gasteiger partial charge in [0.2, 0.25) is 0 Å². The Morgan fingerprint density at radius 1 is 0.203 bits per heavy atom. The van der Waals surface area contributed by atoms with Crippen LogP contribution >= 0.6 is 0 Å². The van der Waals surface area contributed by atoms with Crippen LogP contribution in [-0.2, 0) is 0 Å². The third-order valence-corrected chi connectivity index (χ3v) is 11.9. The zero-order valence-electron chi connectivity index (χ0n) is 32.5. The fraction of sp³-hybridized carbons (Fsp3) is 0. The number of fused-ring (bicyclic) bond motifs is 6. The van der Waals surface area contributed by atoms with E-state index in [0.29, 0.717) is 0 Å². The van der Waals surface area contributed by atoms with E-state index in [1.54, 1.807) is 0 Å². The summed E-state index contributed by atoms with van der Waals surface area (Å²) >= 11 is 0. The fourth-order valence-corrected chi connectivity index (χ4v) is 8.98. The van der Waals surface area contributed by atoms with Crippen LogP contribution in [0, 0.1) is 0 Å². The van der Waals surface area contributed by atoms with Gasteiger partial charge in [-0.25, -0.2) is 0 Å². The molecular formula is C58H39N. The minimum Gasteiger partial charge on any atom is -0.311 e. The SMILES string of the molecule is c1ccc(-c2ccc(N(c3ccc(-c4ccc(-c5ccccc5)c5ccccc45)cc3)c3ccc(-c4cc5c6ccccc6ccc5c5ccccc45)cc3)cc2)cc1. The number of nitrogens with zero attached hydrogens (tertiary/aromatic N) is 1. The second-order valence-corrected chi connectivity index (χ2v) is 15.3. The highest BCUT2D eigenvalue weighted by atomic mass is 15.1. The maximum Gasteiger partial charge on any atom is 0.0462 e. The minimum atomic E-state index is 1.10. The molecule has 0 radical (unpaired) electrons. The van der Waals surface area contributed by atoms with Gasteiger partial charge in [0, 0.05) is 17.1 Å². The Kier molecular flexibility index (Phi) is 8.56. The van der Waals surface area contributed by atoms with Gasteiger partial charge in [0.1, 0.15) is 0 Å². The van der Waals surface area contributed by atoms with Crippen molar-refractivity contribution in [2.24, 2.45) is 0 Å². The van der Waals surface area contributed by atoms with Crippen molar-refractivity contribution in [2.75, 3.05) is 4.90 Å². The van der Waals surface area contributed by atoms with Crippen LogP contribution < -0.4 is 4.90 Å². The maximum atomic E-state index is 2.39. The first-order chi connectivity index (χ1) is 29.3. The van der Waals surface area contributed by atoms with E-state index >= 15 is 0 Å². The Balaban J connectivity index is 1.01. The number of benzene rings is 11. The van der Waals surface area contributed by atoms with Crippen molar-refractivity contribution >= 4 is 60.2 Å². The van der Waals surface area contributed by atoms with Crippen LogP contribution in [0.5, 0.6) is 0 Å². The summed E-state index contributed by atoms with van der Waals surface area (Å²) in [6.07, 6.45) is 0. The molecule has 0 atom stereocenters. The molecule has 0 aliphatic heterocycles. The van der Waals surface area contributed by atoms with Crippen molar-refractivity contribution in [3.63, 3.8) is 0 Å². The Bertz CT molecular complexity index is 3280. The third-order valence-electron chi connectivity index (χ3n) is 11.9. The second kappa shape index (κ2) is 14.6. The zero-order valence-corrected chi connectivity index (χ0v) is 32.5. The fourth-order valence-electron chi connectivity index (χ4n) is 8.98. The van der Waals surface area contributed by atoms with E-state index in [1.165, 1.54) is 87.6 Å². The molecule has 11 aromatic rings. The Hall–Kier alpha value is -7.74. The smallest absolute Gasteiger partial charge is 0.0462 e. The first kappa shape index (κ1) is 34.5. The van der Waals surface area contributed by atoms with Gasteiger partial charge in [-0.15, -0.1) is 0 Å². The lowest BCUT2D eigenvalue weighted by atomic mass is 9.91. The van der Waals surface area contributed by atoms with Crippen LogP contribution in [0.4, 0.5) is 17.1 Å². The van der Waals surface area contributed by atoms with Gasteiger partial charge in [-0.2, -0.15) is 0 Å². The van der Waals surface area contributed by atoms with E-state index < -0.39 is 0 Å². The highest BCUT2D eigenvalue weighted by molar-refractivity contribution is 6.21. The molecule has 0 aromatic heterocycles. The summed E-state index contributed by atoms with van der Waals surface area (Å²) in [4.78, 5) is 2.37. The van der Waals surface area contributed by atoms with Gasteiger partial charge in [0.05, 0.1) is 0 Å². The average molecular weight is 750 g/mol. The normalized spacial score (nSPS) is 11.4. The summed E-state index contributed by atoms with van der Waals surface area (Å²) in [5.41, 5.74) is 13.0. The van der Waals surface area contributed by atoms with E-state index in [1.807, 2.05) is 0 Å². The standard InChI is InChI=1S/C58H39N/c1-3-13-40(14-4-1)41-23-30-46(31-24-41)59(47-32-25-44(26-33-47)51-38-37-50(42-15-5-2-6-16-42)52-19-9-10-20-53(51)52)48-34-27-45(28-35-48)57-39-58-49-18-8-7-17-43(49)29-36-56(58)54-21-11-12-22-55(54)57/h1-39H. The first-order valence-corrected chi connectivity index (χ1v) is 20.3. The largest absolute Gasteiger partial charge is 0.311 e. The van der Waals surface area contributed by atoms with Crippen molar-refractivity contribution < 1.29 is 0 Å². The van der Waals surface area contributed by atoms with Crippen molar-refractivity contribution in [3.8, 4) is 44.5 Å². The molecule has 0 amide bonds. The van der Waals surface area contributed by atoms with Gasteiger partial charge >= 0.3 is 0 Å². The van der Waals surface area contributed by atoms with Crippen LogP contribution in [0.2, 0.25) is 0 Å². The predicted octanol–water partition coefficient (Wildman–Crippen LogP) is 16.4. The number of anilines is 3. The third kappa shape index (κ3) is 6.21. The molecule has 0 saturated heterocycles. The number of hydrogen-bond acceptors (Lipinski definition) is 1. The first-order valence-electron chi connectivity index (χ1n) is 20.3. The van der Waals surface area contributed by atoms with E-state index in [9.17, 15) is 0 Å². The quantitative estimate of drug-likeness (QED) is 0.147. The van der Waals surface area contributed by atoms with Gasteiger partial charge in [-0.1, -0.05) is 194 Å². The summed E-state index contributed by atoms with van der Waals surface area (Å²) in [5.74, 6) is 0. The molecular weight excluding hydrogens is 711 g/mol. The lowest BCUT2D eigenvalue weighted by molar-refractivity contribution is 1.28. The molecule has 0 saturated carbocycles. The number of rotatable bonds is 7. The zero-order chi connectivity index (χ0) is 39.1. The minimum absolute atomic E-state index is 1.10. The van der Waals surface area contributed by atoms with Crippen molar-refractivity contribution in [3.05, 3.63) is 237 Å². The molecule has 0 bridgehead atoms. The van der Waals surface area contributed by atoms with Crippen LogP contribution in [-0.4, -0.2) is 0 Å². The van der Waals surface area contributed by atoms with Gasteiger partial charge in [-0.05, 0) is 130 Å². The molecule has 59 heavy (non-hydrogen) atoms. The lowest BCUT2D eigenvalue weighted by Crippen LogP contribution is -2.09. The van der Waals surface area contributed by atoms with Crippen molar-refractivity contribution in [2.45, 2.75) is 0 Å². The van der Waals surface area contributed by atoms with E-state index in [2.05, 4.69) is 241 Å². The lowest BCUT2D eigenvalue weighted by Gasteiger charge is -2.26. The summed E-state index contributed by atoms with van der Waals surface area (Å²) in [6, 6.07) is 86.1. The van der Waals surface area contributed by atoms with Gasteiger partial charge in [-0.3, -0.25) is 0 Å². The van der Waals surface area contributed by atoms with E-state index in [4.69, 9.17) is 0 Å². The molecule has 0 aliphatic rings. The molecule has 0 unspecified atom stereocenters. The van der Waals surface area contributed by atoms with Gasteiger partial charge < -0.3 is 4.90 Å². The summed E-state index contributed by atoms with van der Waals surface area (Å²) in [7, 11) is 0. The van der Waals surface area contributed by atoms with Crippen LogP contribution in [0.3, 0.4) is 0 Å². The Morgan fingerprint density at radius 2 is 0.576 bits per heavy atom. The molecule has 276 valence electrons. The highest BCUT2D eigenvalue weighted by Crippen LogP contribution is 2.42. The van der Waals surface area contributed by atoms with Crippen molar-refractivity contribution in [1.82, 2.24) is 0 Å². The van der Waals surface area contributed by atoms with Crippen molar-refractivity contribution in [1.29, 1.82) is 0 Å². The second-order valence-electron chi connectivity index (χ2n) is 15.3. The average Bonchev–Trinajstić information content (AvgIpc) is 3.32. The van der Waals surface area contributed by atoms with E-state index in [0.717, 1.165) is 17.1 Å². The summed E-state index contributed by atoms with van der Waals surface area (Å²) in [6.45, 7) is 0. The predicted molar refractivity (Wildman–Crippen MR) is 253 cm³/mol.